The largest absolute Gasteiger partial charge is 0.290 e. The van der Waals surface area contributed by atoms with Gasteiger partial charge in [-0.1, -0.05) is 6.92 Å². The van der Waals surface area contributed by atoms with Crippen molar-refractivity contribution in [2.45, 2.75) is 32.7 Å². The number of Topliss-reactive ketones (excluding diaryl/α,β-unsaturated/α-hetero) is 1. The van der Waals surface area contributed by atoms with E-state index in [9.17, 15) is 4.79 Å². The number of aromatic nitrogens is 5. The molecule has 0 aliphatic heterocycles. The molecule has 2 rings (SSSR count). The Morgan fingerprint density at radius 1 is 1.59 bits per heavy atom. The molecule has 0 aliphatic rings. The van der Waals surface area contributed by atoms with Gasteiger partial charge < -0.3 is 0 Å². The van der Waals surface area contributed by atoms with E-state index in [0.29, 0.717) is 6.04 Å². The van der Waals surface area contributed by atoms with Gasteiger partial charge in [0.25, 0.3) is 0 Å². The SMILES string of the molecule is CCC(C)n1ccc(CC(=O)c2ncn[nH]2)n1. The van der Waals surface area contributed by atoms with Gasteiger partial charge in [0.15, 0.2) is 5.82 Å². The first-order chi connectivity index (χ1) is 8.20. The average molecular weight is 233 g/mol. The molecular weight excluding hydrogens is 218 g/mol. The maximum atomic E-state index is 11.7. The van der Waals surface area contributed by atoms with Crippen molar-refractivity contribution in [2.24, 2.45) is 0 Å². The van der Waals surface area contributed by atoms with Crippen molar-refractivity contribution in [3.05, 3.63) is 30.1 Å². The molecule has 0 aromatic carbocycles. The highest BCUT2D eigenvalue weighted by molar-refractivity contribution is 5.93. The van der Waals surface area contributed by atoms with E-state index in [0.717, 1.165) is 12.1 Å². The molecule has 2 heterocycles. The van der Waals surface area contributed by atoms with Crippen LogP contribution in [0.2, 0.25) is 0 Å². The Morgan fingerprint density at radius 2 is 2.41 bits per heavy atom. The number of aromatic amines is 1. The van der Waals surface area contributed by atoms with Crippen molar-refractivity contribution in [3.63, 3.8) is 0 Å². The number of hydrogen-bond donors (Lipinski definition) is 1. The van der Waals surface area contributed by atoms with Crippen LogP contribution in [0.25, 0.3) is 0 Å². The first-order valence-corrected chi connectivity index (χ1v) is 5.63. The third kappa shape index (κ3) is 2.58. The molecule has 17 heavy (non-hydrogen) atoms. The van der Waals surface area contributed by atoms with Crippen LogP contribution in [0.15, 0.2) is 18.6 Å². The first kappa shape index (κ1) is 11.5. The van der Waals surface area contributed by atoms with E-state index in [4.69, 9.17) is 0 Å². The van der Waals surface area contributed by atoms with Crippen molar-refractivity contribution >= 4 is 5.78 Å². The van der Waals surface area contributed by atoms with Crippen LogP contribution in [0, 0.1) is 0 Å². The summed E-state index contributed by atoms with van der Waals surface area (Å²) >= 11 is 0. The third-order valence-electron chi connectivity index (χ3n) is 2.73. The Hall–Kier alpha value is -1.98. The second-order valence-corrected chi connectivity index (χ2v) is 3.98. The Morgan fingerprint density at radius 3 is 3.06 bits per heavy atom. The lowest BCUT2D eigenvalue weighted by Crippen LogP contribution is -2.09. The predicted octanol–water partition coefficient (Wildman–Crippen LogP) is 1.40. The Balaban J connectivity index is 2.04. The van der Waals surface area contributed by atoms with Crippen LogP contribution in [0.5, 0.6) is 0 Å². The molecule has 0 fully saturated rings. The standard InChI is InChI=1S/C11H15N5O/c1-3-8(2)16-5-4-9(15-16)6-10(17)11-12-7-13-14-11/h4-5,7-8H,3,6H2,1-2H3,(H,12,13,14). The number of nitrogens with zero attached hydrogens (tertiary/aromatic N) is 4. The minimum atomic E-state index is -0.100. The lowest BCUT2D eigenvalue weighted by molar-refractivity contribution is 0.0982. The molecule has 6 nitrogen and oxygen atoms in total. The minimum Gasteiger partial charge on any atom is -0.290 e. The van der Waals surface area contributed by atoms with Crippen molar-refractivity contribution < 1.29 is 4.79 Å². The number of ketones is 1. The van der Waals surface area contributed by atoms with Crippen molar-refractivity contribution in [1.29, 1.82) is 0 Å². The molecule has 1 atom stereocenters. The van der Waals surface area contributed by atoms with Gasteiger partial charge in [0, 0.05) is 12.2 Å². The van der Waals surface area contributed by atoms with Gasteiger partial charge in [-0.3, -0.25) is 14.6 Å². The second-order valence-electron chi connectivity index (χ2n) is 3.98. The van der Waals surface area contributed by atoms with E-state index < -0.39 is 0 Å². The van der Waals surface area contributed by atoms with Gasteiger partial charge in [0.05, 0.1) is 12.1 Å². The smallest absolute Gasteiger partial charge is 0.205 e. The van der Waals surface area contributed by atoms with E-state index in [1.165, 1.54) is 6.33 Å². The quantitative estimate of drug-likeness (QED) is 0.792. The summed E-state index contributed by atoms with van der Waals surface area (Å²) in [5.74, 6) is 0.181. The topological polar surface area (TPSA) is 76.5 Å². The summed E-state index contributed by atoms with van der Waals surface area (Å²) in [6.45, 7) is 4.20. The lowest BCUT2D eigenvalue weighted by Gasteiger charge is -2.07. The van der Waals surface area contributed by atoms with E-state index in [-0.39, 0.29) is 18.0 Å². The number of rotatable bonds is 5. The van der Waals surface area contributed by atoms with Gasteiger partial charge in [0.2, 0.25) is 5.78 Å². The fourth-order valence-corrected chi connectivity index (χ4v) is 1.49. The number of carbonyl (C=O) groups excluding carboxylic acids is 1. The van der Waals surface area contributed by atoms with Gasteiger partial charge in [-0.15, -0.1) is 0 Å². The lowest BCUT2D eigenvalue weighted by atomic mass is 10.2. The summed E-state index contributed by atoms with van der Waals surface area (Å²) in [5, 5.41) is 10.6. The van der Waals surface area contributed by atoms with Crippen LogP contribution >= 0.6 is 0 Å². The monoisotopic (exact) mass is 233 g/mol. The zero-order valence-electron chi connectivity index (χ0n) is 9.92. The van der Waals surface area contributed by atoms with Crippen LogP contribution in [0.1, 0.15) is 42.6 Å². The molecule has 0 saturated carbocycles. The van der Waals surface area contributed by atoms with E-state index in [1.807, 2.05) is 16.9 Å². The summed E-state index contributed by atoms with van der Waals surface area (Å²) < 4.78 is 1.88. The third-order valence-corrected chi connectivity index (χ3v) is 2.73. The van der Waals surface area contributed by atoms with Crippen LogP contribution in [0.4, 0.5) is 0 Å². The minimum absolute atomic E-state index is 0.100. The molecule has 0 aliphatic carbocycles. The number of carbonyl (C=O) groups is 1. The normalized spacial score (nSPS) is 12.6. The maximum Gasteiger partial charge on any atom is 0.205 e. The molecule has 0 amide bonds. The van der Waals surface area contributed by atoms with Crippen LogP contribution in [0.3, 0.4) is 0 Å². The number of H-pyrrole nitrogens is 1. The maximum absolute atomic E-state index is 11.7. The van der Waals surface area contributed by atoms with E-state index in [2.05, 4.69) is 34.1 Å². The molecule has 2 aromatic rings. The zero-order valence-corrected chi connectivity index (χ0v) is 9.92. The first-order valence-electron chi connectivity index (χ1n) is 5.63. The molecule has 0 spiro atoms. The Kier molecular flexibility index (Phi) is 3.32. The predicted molar refractivity (Wildman–Crippen MR) is 61.6 cm³/mol. The molecule has 1 unspecified atom stereocenters. The van der Waals surface area contributed by atoms with Crippen molar-refractivity contribution in [1.82, 2.24) is 25.0 Å². The van der Waals surface area contributed by atoms with E-state index in [1.54, 1.807) is 0 Å². The summed E-state index contributed by atoms with van der Waals surface area (Å²) in [6.07, 6.45) is 4.48. The van der Waals surface area contributed by atoms with Gasteiger partial charge in [-0.05, 0) is 19.4 Å². The molecule has 0 radical (unpaired) electrons. The van der Waals surface area contributed by atoms with Crippen LogP contribution in [-0.4, -0.2) is 30.7 Å². The Labute approximate surface area is 99.1 Å². The second kappa shape index (κ2) is 4.90. The molecule has 6 heteroatoms. The van der Waals surface area contributed by atoms with Gasteiger partial charge in [-0.25, -0.2) is 4.98 Å². The number of hydrogen-bond acceptors (Lipinski definition) is 4. The van der Waals surface area contributed by atoms with Crippen molar-refractivity contribution in [3.8, 4) is 0 Å². The highest BCUT2D eigenvalue weighted by atomic mass is 16.1. The van der Waals surface area contributed by atoms with Crippen molar-refractivity contribution in [2.75, 3.05) is 0 Å². The molecule has 1 N–H and O–H groups in total. The van der Waals surface area contributed by atoms with Gasteiger partial charge in [0.1, 0.15) is 6.33 Å². The summed E-state index contributed by atoms with van der Waals surface area (Å²) in [4.78, 5) is 15.6. The molecule has 2 aromatic heterocycles. The highest BCUT2D eigenvalue weighted by Crippen LogP contribution is 2.10. The van der Waals surface area contributed by atoms with Gasteiger partial charge >= 0.3 is 0 Å². The number of nitrogens with one attached hydrogen (secondary N) is 1. The molecular formula is C11H15N5O. The summed E-state index contributed by atoms with van der Waals surface area (Å²) in [7, 11) is 0. The highest BCUT2D eigenvalue weighted by Gasteiger charge is 2.12. The fraction of sp³-hybridized carbons (Fsp3) is 0.455. The molecule has 0 saturated heterocycles. The van der Waals surface area contributed by atoms with Crippen LogP contribution < -0.4 is 0 Å². The van der Waals surface area contributed by atoms with Crippen LogP contribution in [-0.2, 0) is 6.42 Å². The van der Waals surface area contributed by atoms with Gasteiger partial charge in [-0.2, -0.15) is 10.2 Å². The zero-order chi connectivity index (χ0) is 12.3. The molecule has 90 valence electrons. The molecule has 0 bridgehead atoms. The van der Waals surface area contributed by atoms with E-state index >= 15 is 0 Å². The Bertz CT molecular complexity index is 488. The average Bonchev–Trinajstić information content (AvgIpc) is 2.98. The summed E-state index contributed by atoms with van der Waals surface area (Å²) in [6, 6.07) is 2.21. The fourth-order valence-electron chi connectivity index (χ4n) is 1.49. The summed E-state index contributed by atoms with van der Waals surface area (Å²) in [5.41, 5.74) is 0.756.